The van der Waals surface area contributed by atoms with E-state index in [1.165, 1.54) is 7.11 Å². The molecule has 4 N–H and O–H groups in total. The Morgan fingerprint density at radius 1 is 1.45 bits per heavy atom. The van der Waals surface area contributed by atoms with Gasteiger partial charge in [0.25, 0.3) is 5.91 Å². The van der Waals surface area contributed by atoms with Crippen LogP contribution in [0.25, 0.3) is 0 Å². The Hall–Kier alpha value is -2.08. The van der Waals surface area contributed by atoms with Crippen molar-refractivity contribution < 1.29 is 14.7 Å². The predicted molar refractivity (Wildman–Crippen MR) is 76.4 cm³/mol. The summed E-state index contributed by atoms with van der Waals surface area (Å²) in [7, 11) is 1.48. The zero-order chi connectivity index (χ0) is 15.2. The van der Waals surface area contributed by atoms with Crippen LogP contribution in [0.15, 0.2) is 35.5 Å². The number of oxime groups is 1. The third-order valence-electron chi connectivity index (χ3n) is 3.08. The highest BCUT2D eigenvalue weighted by atomic mass is 16.5. The summed E-state index contributed by atoms with van der Waals surface area (Å²) >= 11 is 0. The summed E-state index contributed by atoms with van der Waals surface area (Å²) < 4.78 is 5.23. The van der Waals surface area contributed by atoms with E-state index in [1.807, 2.05) is 30.3 Å². The van der Waals surface area contributed by atoms with Gasteiger partial charge in [-0.2, -0.15) is 0 Å². The van der Waals surface area contributed by atoms with Crippen LogP contribution >= 0.6 is 0 Å². The zero-order valence-corrected chi connectivity index (χ0v) is 12.0. The lowest BCUT2D eigenvalue weighted by atomic mass is 9.92. The molecule has 20 heavy (non-hydrogen) atoms. The second-order valence-electron chi connectivity index (χ2n) is 5.11. The second kappa shape index (κ2) is 6.91. The first-order valence-electron chi connectivity index (χ1n) is 6.26. The molecule has 0 bridgehead atoms. The summed E-state index contributed by atoms with van der Waals surface area (Å²) in [5, 5.41) is 14.4. The van der Waals surface area contributed by atoms with Gasteiger partial charge in [0.05, 0.1) is 0 Å². The number of ether oxygens (including phenoxy) is 1. The van der Waals surface area contributed by atoms with Crippen LogP contribution in [0.1, 0.15) is 25.5 Å². The molecule has 1 amide bonds. The quantitative estimate of drug-likeness (QED) is 0.316. The van der Waals surface area contributed by atoms with Crippen molar-refractivity contribution in [2.45, 2.75) is 20.0 Å². The van der Waals surface area contributed by atoms with Crippen molar-refractivity contribution >= 4 is 11.7 Å². The number of hydrogen-bond donors (Lipinski definition) is 3. The largest absolute Gasteiger partial charge is 0.409 e. The van der Waals surface area contributed by atoms with E-state index in [0.29, 0.717) is 0 Å². The maximum Gasteiger partial charge on any atom is 0.253 e. The van der Waals surface area contributed by atoms with E-state index in [1.54, 1.807) is 13.8 Å². The molecule has 0 saturated heterocycles. The Morgan fingerprint density at radius 2 is 2.05 bits per heavy atom. The number of hydrogen-bond acceptors (Lipinski definition) is 4. The number of nitrogens with two attached hydrogens (primary N) is 1. The molecular formula is C14H21N3O3. The number of nitrogens with one attached hydrogen (secondary N) is 1. The number of rotatable bonds is 6. The predicted octanol–water partition coefficient (Wildman–Crippen LogP) is 1.26. The van der Waals surface area contributed by atoms with Crippen LogP contribution in [0.5, 0.6) is 0 Å². The summed E-state index contributed by atoms with van der Waals surface area (Å²) in [4.78, 5) is 12.2. The van der Waals surface area contributed by atoms with Crippen molar-refractivity contribution in [2.24, 2.45) is 16.3 Å². The van der Waals surface area contributed by atoms with Crippen LogP contribution in [0.3, 0.4) is 0 Å². The van der Waals surface area contributed by atoms with Crippen molar-refractivity contribution in [2.75, 3.05) is 13.7 Å². The molecular weight excluding hydrogens is 258 g/mol. The molecule has 0 fully saturated rings. The van der Waals surface area contributed by atoms with E-state index < -0.39 is 11.5 Å². The minimum atomic E-state index is -0.681. The van der Waals surface area contributed by atoms with E-state index in [0.717, 1.165) is 5.56 Å². The van der Waals surface area contributed by atoms with Crippen molar-refractivity contribution in [3.05, 3.63) is 35.9 Å². The summed E-state index contributed by atoms with van der Waals surface area (Å²) in [5.74, 6) is -0.205. The molecule has 1 unspecified atom stereocenters. The van der Waals surface area contributed by atoms with Gasteiger partial charge < -0.3 is 21.0 Å². The number of amidine groups is 1. The summed E-state index contributed by atoms with van der Waals surface area (Å²) in [6.07, 6.45) is -0.681. The van der Waals surface area contributed by atoms with E-state index in [4.69, 9.17) is 15.7 Å². The van der Waals surface area contributed by atoms with Gasteiger partial charge >= 0.3 is 0 Å². The van der Waals surface area contributed by atoms with Crippen LogP contribution < -0.4 is 11.1 Å². The third-order valence-corrected chi connectivity index (χ3v) is 3.08. The third kappa shape index (κ3) is 3.96. The monoisotopic (exact) mass is 279 g/mol. The first-order chi connectivity index (χ1) is 9.42. The molecule has 6 nitrogen and oxygen atoms in total. The van der Waals surface area contributed by atoms with Gasteiger partial charge in [-0.25, -0.2) is 0 Å². The normalized spacial score (nSPS) is 13.8. The number of benzene rings is 1. The Kier molecular flexibility index (Phi) is 5.52. The molecule has 1 rings (SSSR count). The Labute approximate surface area is 118 Å². The Balaban J connectivity index is 2.71. The first-order valence-corrected chi connectivity index (χ1v) is 6.26. The SMILES string of the molecule is COC(C(=O)NCC(C)(C)/C(N)=N/O)c1ccccc1. The van der Waals surface area contributed by atoms with Gasteiger partial charge in [0.1, 0.15) is 5.84 Å². The molecule has 0 heterocycles. The van der Waals surface area contributed by atoms with Crippen molar-refractivity contribution in [1.29, 1.82) is 0 Å². The minimum Gasteiger partial charge on any atom is -0.409 e. The molecule has 0 aliphatic heterocycles. The maximum absolute atomic E-state index is 12.2. The van der Waals surface area contributed by atoms with Crippen LogP contribution in [-0.2, 0) is 9.53 Å². The van der Waals surface area contributed by atoms with Crippen LogP contribution in [0.2, 0.25) is 0 Å². The van der Waals surface area contributed by atoms with Crippen LogP contribution in [0, 0.1) is 5.41 Å². The molecule has 0 spiro atoms. The van der Waals surface area contributed by atoms with Gasteiger partial charge in [-0.3, -0.25) is 4.79 Å². The van der Waals surface area contributed by atoms with Crippen molar-refractivity contribution in [3.63, 3.8) is 0 Å². The molecule has 6 heteroatoms. The highest BCUT2D eigenvalue weighted by Crippen LogP contribution is 2.18. The van der Waals surface area contributed by atoms with Gasteiger partial charge in [-0.05, 0) is 5.56 Å². The molecule has 0 aromatic heterocycles. The lowest BCUT2D eigenvalue weighted by molar-refractivity contribution is -0.131. The fourth-order valence-corrected chi connectivity index (χ4v) is 1.65. The fraction of sp³-hybridized carbons (Fsp3) is 0.429. The van der Waals surface area contributed by atoms with Gasteiger partial charge in [0.15, 0.2) is 6.10 Å². The lowest BCUT2D eigenvalue weighted by Crippen LogP contribution is -2.44. The van der Waals surface area contributed by atoms with Crippen LogP contribution in [0.4, 0.5) is 0 Å². The maximum atomic E-state index is 12.2. The number of amides is 1. The number of carbonyl (C=O) groups is 1. The van der Waals surface area contributed by atoms with Crippen molar-refractivity contribution in [1.82, 2.24) is 5.32 Å². The zero-order valence-electron chi connectivity index (χ0n) is 12.0. The molecule has 1 aromatic carbocycles. The molecule has 1 aromatic rings. The highest BCUT2D eigenvalue weighted by Gasteiger charge is 2.27. The van der Waals surface area contributed by atoms with E-state index in [-0.39, 0.29) is 18.3 Å². The van der Waals surface area contributed by atoms with Gasteiger partial charge in [-0.1, -0.05) is 49.3 Å². The van der Waals surface area contributed by atoms with Crippen molar-refractivity contribution in [3.8, 4) is 0 Å². The number of methoxy groups -OCH3 is 1. The number of nitrogens with zero attached hydrogens (tertiary/aromatic N) is 1. The van der Waals surface area contributed by atoms with E-state index in [2.05, 4.69) is 10.5 Å². The van der Waals surface area contributed by atoms with Gasteiger partial charge in [0.2, 0.25) is 0 Å². The van der Waals surface area contributed by atoms with Gasteiger partial charge in [0, 0.05) is 19.1 Å². The first kappa shape index (κ1) is 16.0. The average Bonchev–Trinajstić information content (AvgIpc) is 2.46. The topological polar surface area (TPSA) is 96.9 Å². The molecule has 0 aliphatic carbocycles. The van der Waals surface area contributed by atoms with E-state index in [9.17, 15) is 4.79 Å². The summed E-state index contributed by atoms with van der Waals surface area (Å²) in [6, 6.07) is 9.20. The second-order valence-corrected chi connectivity index (χ2v) is 5.11. The molecule has 1 atom stereocenters. The number of carbonyl (C=O) groups excluding carboxylic acids is 1. The Morgan fingerprint density at radius 3 is 2.55 bits per heavy atom. The molecule has 110 valence electrons. The fourth-order valence-electron chi connectivity index (χ4n) is 1.65. The molecule has 0 aliphatic rings. The molecule has 0 saturated carbocycles. The smallest absolute Gasteiger partial charge is 0.253 e. The van der Waals surface area contributed by atoms with Gasteiger partial charge in [-0.15, -0.1) is 0 Å². The lowest BCUT2D eigenvalue weighted by Gasteiger charge is -2.24. The molecule has 0 radical (unpaired) electrons. The summed E-state index contributed by atoms with van der Waals surface area (Å²) in [5.41, 5.74) is 5.71. The Bertz CT molecular complexity index is 472. The van der Waals surface area contributed by atoms with E-state index >= 15 is 0 Å². The summed E-state index contributed by atoms with van der Waals surface area (Å²) in [6.45, 7) is 3.79. The highest BCUT2D eigenvalue weighted by molar-refractivity contribution is 5.87. The van der Waals surface area contributed by atoms with Crippen LogP contribution in [-0.4, -0.2) is 30.6 Å². The standard InChI is InChI=1S/C14H21N3O3/c1-14(2,13(15)17-19)9-16-12(18)11(20-3)10-7-5-4-6-8-10/h4-8,11,19H,9H2,1-3H3,(H2,15,17)(H,16,18). The minimum absolute atomic E-state index is 0.0616. The average molecular weight is 279 g/mol.